The van der Waals surface area contributed by atoms with Gasteiger partial charge in [-0.15, -0.1) is 0 Å². The molecule has 0 aliphatic carbocycles. The Morgan fingerprint density at radius 1 is 0.638 bits per heavy atom. The Labute approximate surface area is 275 Å². The van der Waals surface area contributed by atoms with Crippen LogP contribution in [0.25, 0.3) is 0 Å². The molecule has 0 aromatic heterocycles. The molecule has 254 valence electrons. The Morgan fingerprint density at radius 3 is 1.74 bits per heavy atom. The van der Waals surface area contributed by atoms with E-state index in [0.29, 0.717) is 12.0 Å². The minimum atomic E-state index is -1.15. The predicted molar refractivity (Wildman–Crippen MR) is 175 cm³/mol. The van der Waals surface area contributed by atoms with E-state index in [9.17, 15) is 33.9 Å². The van der Waals surface area contributed by atoms with Crippen LogP contribution >= 0.6 is 0 Å². The van der Waals surface area contributed by atoms with Crippen molar-refractivity contribution in [3.8, 4) is 5.75 Å². The third kappa shape index (κ3) is 11.7. The highest BCUT2D eigenvalue weighted by Crippen LogP contribution is 2.13. The lowest BCUT2D eigenvalue weighted by Gasteiger charge is -2.27. The molecule has 13 heteroatoms. The van der Waals surface area contributed by atoms with Crippen molar-refractivity contribution in [2.45, 2.75) is 77.5 Å². The number of benzene rings is 2. The summed E-state index contributed by atoms with van der Waals surface area (Å²) in [7, 11) is 0. The molecule has 13 nitrogen and oxygen atoms in total. The standard InChI is InChI=1S/C34H46N6O7/c1-5-21(4)30-34(47)36-18-28(42)37-27(16-22-9-7-6-8-10-22)33(46)38-25(15-20(2)3)32(45)39-26(31(44)35-19-29(43)40-30)17-23-11-13-24(41)14-12-23/h6-14,20-21,25-27,30,41H,5,15-19H2,1-4H3,(H,35,44)(H,36,47)(H,37,42)(H,38,46)(H,39,45)(H,40,43)/t21-,25-,26-,27-,30-/m0/s1. The van der Waals surface area contributed by atoms with Gasteiger partial charge in [-0.25, -0.2) is 0 Å². The zero-order valence-corrected chi connectivity index (χ0v) is 27.3. The van der Waals surface area contributed by atoms with Crippen LogP contribution in [0.3, 0.4) is 0 Å². The molecular weight excluding hydrogens is 604 g/mol. The van der Waals surface area contributed by atoms with Gasteiger partial charge in [-0.3, -0.25) is 28.8 Å². The highest BCUT2D eigenvalue weighted by Gasteiger charge is 2.32. The highest BCUT2D eigenvalue weighted by atomic mass is 16.3. The molecule has 1 aliphatic heterocycles. The van der Waals surface area contributed by atoms with E-state index >= 15 is 0 Å². The van der Waals surface area contributed by atoms with Crippen molar-refractivity contribution in [1.29, 1.82) is 0 Å². The molecule has 0 unspecified atom stereocenters. The molecule has 7 N–H and O–H groups in total. The average molecular weight is 651 g/mol. The summed E-state index contributed by atoms with van der Waals surface area (Å²) in [5.74, 6) is -4.05. The summed E-state index contributed by atoms with van der Waals surface area (Å²) in [6.45, 7) is 6.44. The van der Waals surface area contributed by atoms with Crippen LogP contribution in [0.15, 0.2) is 54.6 Å². The van der Waals surface area contributed by atoms with E-state index < -0.39 is 72.7 Å². The molecule has 2 aromatic carbocycles. The maximum absolute atomic E-state index is 13.7. The molecule has 1 heterocycles. The molecule has 0 radical (unpaired) electrons. The fourth-order valence-corrected chi connectivity index (χ4v) is 5.12. The third-order valence-corrected chi connectivity index (χ3v) is 7.94. The number of phenolic OH excluding ortho intramolecular Hbond substituents is 1. The summed E-state index contributed by atoms with van der Waals surface area (Å²) < 4.78 is 0. The first-order chi connectivity index (χ1) is 22.4. The maximum atomic E-state index is 13.7. The van der Waals surface area contributed by atoms with Gasteiger partial charge < -0.3 is 37.0 Å². The van der Waals surface area contributed by atoms with Crippen molar-refractivity contribution in [3.05, 3.63) is 65.7 Å². The summed E-state index contributed by atoms with van der Waals surface area (Å²) in [5, 5.41) is 25.6. The summed E-state index contributed by atoms with van der Waals surface area (Å²) >= 11 is 0. The Hall–Kier alpha value is -4.94. The van der Waals surface area contributed by atoms with E-state index in [0.717, 1.165) is 5.56 Å². The third-order valence-electron chi connectivity index (χ3n) is 7.94. The molecule has 0 saturated carbocycles. The number of carbonyl (C=O) groups is 6. The normalized spacial score (nSPS) is 22.8. The molecule has 1 fully saturated rings. The van der Waals surface area contributed by atoms with Gasteiger partial charge >= 0.3 is 0 Å². The quantitative estimate of drug-likeness (QED) is 0.216. The molecule has 0 spiro atoms. The van der Waals surface area contributed by atoms with E-state index in [1.165, 1.54) is 12.1 Å². The number of nitrogens with one attached hydrogen (secondary N) is 6. The Kier molecular flexibility index (Phi) is 13.7. The Balaban J connectivity index is 1.97. The molecule has 2 aromatic rings. The smallest absolute Gasteiger partial charge is 0.243 e. The van der Waals surface area contributed by atoms with E-state index in [-0.39, 0.29) is 36.8 Å². The van der Waals surface area contributed by atoms with Crippen LogP contribution in [0, 0.1) is 11.8 Å². The summed E-state index contributed by atoms with van der Waals surface area (Å²) in [6, 6.07) is 10.8. The van der Waals surface area contributed by atoms with Crippen LogP contribution in [0.1, 0.15) is 51.7 Å². The number of carbonyl (C=O) groups excluding carboxylic acids is 6. The van der Waals surface area contributed by atoms with Crippen molar-refractivity contribution in [2.75, 3.05) is 13.1 Å². The second-order valence-electron chi connectivity index (χ2n) is 12.3. The van der Waals surface area contributed by atoms with Gasteiger partial charge in [0.2, 0.25) is 35.4 Å². The zero-order valence-electron chi connectivity index (χ0n) is 27.3. The second-order valence-corrected chi connectivity index (χ2v) is 12.3. The molecule has 0 bridgehead atoms. The zero-order chi connectivity index (χ0) is 34.5. The molecule has 3 rings (SSSR count). The molecule has 1 aliphatic rings. The molecule has 47 heavy (non-hydrogen) atoms. The number of hydrogen-bond donors (Lipinski definition) is 7. The first kappa shape index (κ1) is 36.5. The van der Waals surface area contributed by atoms with Gasteiger partial charge in [0, 0.05) is 12.8 Å². The average Bonchev–Trinajstić information content (AvgIpc) is 3.04. The summed E-state index contributed by atoms with van der Waals surface area (Å²) in [4.78, 5) is 79.9. The van der Waals surface area contributed by atoms with Gasteiger partial charge in [0.25, 0.3) is 0 Å². The van der Waals surface area contributed by atoms with Gasteiger partial charge in [0.05, 0.1) is 13.1 Å². The molecule has 1 saturated heterocycles. The second kappa shape index (κ2) is 17.7. The molecule has 6 amide bonds. The number of hydrogen-bond acceptors (Lipinski definition) is 7. The van der Waals surface area contributed by atoms with E-state index in [2.05, 4.69) is 31.9 Å². The summed E-state index contributed by atoms with van der Waals surface area (Å²) in [5.41, 5.74) is 1.38. The van der Waals surface area contributed by atoms with Crippen molar-refractivity contribution >= 4 is 35.4 Å². The van der Waals surface area contributed by atoms with Gasteiger partial charge in [-0.05, 0) is 41.5 Å². The first-order valence-corrected chi connectivity index (χ1v) is 15.9. The van der Waals surface area contributed by atoms with Crippen LogP contribution in [0.5, 0.6) is 5.75 Å². The monoisotopic (exact) mass is 650 g/mol. The number of amides is 6. The first-order valence-electron chi connectivity index (χ1n) is 15.9. The number of phenols is 1. The lowest BCUT2D eigenvalue weighted by molar-refractivity contribution is -0.135. The fourth-order valence-electron chi connectivity index (χ4n) is 5.12. The van der Waals surface area contributed by atoms with Gasteiger partial charge in [-0.1, -0.05) is 76.6 Å². The molecule has 5 atom stereocenters. The van der Waals surface area contributed by atoms with Gasteiger partial charge in [0.15, 0.2) is 0 Å². The fraction of sp³-hybridized carbons (Fsp3) is 0.471. The van der Waals surface area contributed by atoms with E-state index in [1.807, 2.05) is 26.8 Å². The van der Waals surface area contributed by atoms with Crippen LogP contribution < -0.4 is 31.9 Å². The topological polar surface area (TPSA) is 195 Å². The van der Waals surface area contributed by atoms with E-state index in [1.54, 1.807) is 43.3 Å². The van der Waals surface area contributed by atoms with Crippen molar-refractivity contribution in [3.63, 3.8) is 0 Å². The van der Waals surface area contributed by atoms with Gasteiger partial charge in [-0.2, -0.15) is 0 Å². The minimum absolute atomic E-state index is 0.0202. The SMILES string of the molecule is CC[C@H](C)[C@@H]1NC(=O)CNC(=O)[C@H](Cc2ccc(O)cc2)NC(=O)[C@H](CC(C)C)NC(=O)[C@H](Cc2ccccc2)NC(=O)CNC1=O. The molecular formula is C34H46N6O7. The Bertz CT molecular complexity index is 1400. The predicted octanol–water partition coefficient (Wildman–Crippen LogP) is 0.455. The number of aromatic hydroxyl groups is 1. The minimum Gasteiger partial charge on any atom is -0.508 e. The largest absolute Gasteiger partial charge is 0.508 e. The summed E-state index contributed by atoms with van der Waals surface area (Å²) in [6.07, 6.45) is 0.896. The van der Waals surface area contributed by atoms with Crippen LogP contribution in [0.2, 0.25) is 0 Å². The van der Waals surface area contributed by atoms with Crippen LogP contribution in [-0.2, 0) is 41.6 Å². The van der Waals surface area contributed by atoms with Crippen molar-refractivity contribution < 1.29 is 33.9 Å². The van der Waals surface area contributed by atoms with Crippen molar-refractivity contribution in [1.82, 2.24) is 31.9 Å². The van der Waals surface area contributed by atoms with Crippen molar-refractivity contribution in [2.24, 2.45) is 11.8 Å². The van der Waals surface area contributed by atoms with Crippen LogP contribution in [0.4, 0.5) is 0 Å². The lowest BCUT2D eigenvalue weighted by Crippen LogP contribution is -2.59. The van der Waals surface area contributed by atoms with Crippen LogP contribution in [-0.4, -0.2) is 77.8 Å². The number of rotatable bonds is 8. The van der Waals surface area contributed by atoms with E-state index in [4.69, 9.17) is 0 Å². The Morgan fingerprint density at radius 2 is 1.15 bits per heavy atom. The van der Waals surface area contributed by atoms with Gasteiger partial charge in [0.1, 0.15) is 29.9 Å². The lowest BCUT2D eigenvalue weighted by atomic mass is 9.98. The maximum Gasteiger partial charge on any atom is 0.243 e. The highest BCUT2D eigenvalue weighted by molar-refractivity contribution is 5.97.